The maximum atomic E-state index is 12.1. The Hall–Kier alpha value is -2.95. The number of aryl methyl sites for hydroxylation is 1. The molecule has 2 unspecified atom stereocenters. The second kappa shape index (κ2) is 11.5. The average Bonchev–Trinajstić information content (AvgIpc) is 3.18. The Labute approximate surface area is 202 Å². The Balaban J connectivity index is 1.39. The summed E-state index contributed by atoms with van der Waals surface area (Å²) in [5.74, 6) is -0.301. The highest BCUT2D eigenvalue weighted by Gasteiger charge is 2.29. The van der Waals surface area contributed by atoms with Crippen molar-refractivity contribution in [1.82, 2.24) is 0 Å². The lowest BCUT2D eigenvalue weighted by atomic mass is 10.0. The standard InChI is InChI=1S/C30H34O4/c1-4-21-15-16-25-24-9-7-8-10-26(24)29(27(25)19-21)34-18-17-22-11-13-23(14-12-22)20-28(32-5-2)30(31)33-6-3/h7-16,19,28-29H,4-6,17-18,20H2,1-3H3. The van der Waals surface area contributed by atoms with Crippen molar-refractivity contribution in [2.45, 2.75) is 52.2 Å². The van der Waals surface area contributed by atoms with Gasteiger partial charge in [-0.25, -0.2) is 4.79 Å². The fraction of sp³-hybridized carbons (Fsp3) is 0.367. The molecule has 0 amide bonds. The largest absolute Gasteiger partial charge is 0.464 e. The second-order valence-electron chi connectivity index (χ2n) is 8.58. The first-order valence-electron chi connectivity index (χ1n) is 12.3. The number of fused-ring (bicyclic) bond motifs is 3. The summed E-state index contributed by atoms with van der Waals surface area (Å²) in [4.78, 5) is 12.1. The van der Waals surface area contributed by atoms with Crippen LogP contribution in [0.25, 0.3) is 11.1 Å². The van der Waals surface area contributed by atoms with Gasteiger partial charge in [0.05, 0.1) is 13.2 Å². The fourth-order valence-corrected chi connectivity index (χ4v) is 4.61. The molecule has 2 atom stereocenters. The molecule has 1 aliphatic rings. The van der Waals surface area contributed by atoms with E-state index in [-0.39, 0.29) is 12.1 Å². The molecule has 34 heavy (non-hydrogen) atoms. The van der Waals surface area contributed by atoms with E-state index in [1.165, 1.54) is 33.4 Å². The quantitative estimate of drug-likeness (QED) is 0.326. The molecule has 0 fully saturated rings. The monoisotopic (exact) mass is 458 g/mol. The van der Waals surface area contributed by atoms with Crippen LogP contribution in [0.1, 0.15) is 54.7 Å². The number of carbonyl (C=O) groups excluding carboxylic acids is 1. The highest BCUT2D eigenvalue weighted by molar-refractivity contribution is 5.78. The predicted molar refractivity (Wildman–Crippen MR) is 135 cm³/mol. The fourth-order valence-electron chi connectivity index (χ4n) is 4.61. The Morgan fingerprint density at radius 2 is 1.53 bits per heavy atom. The molecule has 4 rings (SSSR count). The van der Waals surface area contributed by atoms with Crippen molar-refractivity contribution in [3.05, 3.63) is 94.5 Å². The number of benzene rings is 3. The smallest absolute Gasteiger partial charge is 0.335 e. The molecule has 178 valence electrons. The molecule has 0 heterocycles. The van der Waals surface area contributed by atoms with E-state index in [2.05, 4.69) is 73.7 Å². The first-order valence-corrected chi connectivity index (χ1v) is 12.3. The number of esters is 1. The molecular formula is C30H34O4. The normalized spacial score (nSPS) is 15.0. The predicted octanol–water partition coefficient (Wildman–Crippen LogP) is 6.09. The van der Waals surface area contributed by atoms with Gasteiger partial charge in [0, 0.05) is 13.0 Å². The first kappa shape index (κ1) is 24.2. The highest BCUT2D eigenvalue weighted by atomic mass is 16.6. The number of rotatable bonds is 11. The van der Waals surface area contributed by atoms with E-state index in [9.17, 15) is 4.79 Å². The maximum absolute atomic E-state index is 12.1. The topological polar surface area (TPSA) is 44.8 Å². The lowest BCUT2D eigenvalue weighted by Crippen LogP contribution is -2.29. The molecule has 0 saturated heterocycles. The van der Waals surface area contributed by atoms with E-state index in [1.54, 1.807) is 0 Å². The van der Waals surface area contributed by atoms with E-state index in [0.717, 1.165) is 18.4 Å². The van der Waals surface area contributed by atoms with Gasteiger partial charge in [0.15, 0.2) is 6.10 Å². The van der Waals surface area contributed by atoms with Gasteiger partial charge < -0.3 is 14.2 Å². The van der Waals surface area contributed by atoms with Crippen molar-refractivity contribution in [2.24, 2.45) is 0 Å². The lowest BCUT2D eigenvalue weighted by molar-refractivity contribution is -0.156. The van der Waals surface area contributed by atoms with Crippen LogP contribution in [0, 0.1) is 0 Å². The summed E-state index contributed by atoms with van der Waals surface area (Å²) >= 11 is 0. The molecular weight excluding hydrogens is 424 g/mol. The van der Waals surface area contributed by atoms with Crippen molar-refractivity contribution < 1.29 is 19.0 Å². The molecule has 3 aromatic carbocycles. The lowest BCUT2D eigenvalue weighted by Gasteiger charge is -2.17. The maximum Gasteiger partial charge on any atom is 0.335 e. The van der Waals surface area contributed by atoms with E-state index in [1.807, 2.05) is 13.8 Å². The van der Waals surface area contributed by atoms with E-state index >= 15 is 0 Å². The Kier molecular flexibility index (Phi) is 8.15. The summed E-state index contributed by atoms with van der Waals surface area (Å²) in [6.07, 6.45) is 1.78. The zero-order chi connectivity index (χ0) is 23.9. The van der Waals surface area contributed by atoms with Gasteiger partial charge in [0.25, 0.3) is 0 Å². The van der Waals surface area contributed by atoms with Gasteiger partial charge in [-0.2, -0.15) is 0 Å². The third kappa shape index (κ3) is 5.40. The zero-order valence-electron chi connectivity index (χ0n) is 20.4. The van der Waals surface area contributed by atoms with Crippen LogP contribution in [-0.4, -0.2) is 31.9 Å². The first-order chi connectivity index (χ1) is 16.6. The van der Waals surface area contributed by atoms with Crippen LogP contribution in [0.2, 0.25) is 0 Å². The molecule has 4 nitrogen and oxygen atoms in total. The molecule has 0 saturated carbocycles. The van der Waals surface area contributed by atoms with Gasteiger partial charge in [-0.3, -0.25) is 0 Å². The van der Waals surface area contributed by atoms with Crippen molar-refractivity contribution in [3.8, 4) is 11.1 Å². The summed E-state index contributed by atoms with van der Waals surface area (Å²) < 4.78 is 17.2. The number of hydrogen-bond donors (Lipinski definition) is 0. The molecule has 0 aromatic heterocycles. The van der Waals surface area contributed by atoms with Gasteiger partial charge >= 0.3 is 5.97 Å². The van der Waals surface area contributed by atoms with Crippen molar-refractivity contribution >= 4 is 5.97 Å². The Bertz CT molecular complexity index is 1100. The summed E-state index contributed by atoms with van der Waals surface area (Å²) in [6.45, 7) is 7.36. The van der Waals surface area contributed by atoms with E-state index < -0.39 is 6.10 Å². The van der Waals surface area contributed by atoms with Crippen LogP contribution in [0.5, 0.6) is 0 Å². The molecule has 0 N–H and O–H groups in total. The van der Waals surface area contributed by atoms with Crippen LogP contribution in [0.4, 0.5) is 0 Å². The summed E-state index contributed by atoms with van der Waals surface area (Å²) in [6, 6.07) is 23.7. The Morgan fingerprint density at radius 3 is 2.26 bits per heavy atom. The number of hydrogen-bond acceptors (Lipinski definition) is 4. The SMILES string of the molecule is CCOC(=O)C(Cc1ccc(CCOC2c3ccccc3-c3ccc(CC)cc32)cc1)OCC. The molecule has 0 aliphatic heterocycles. The third-order valence-corrected chi connectivity index (χ3v) is 6.38. The van der Waals surface area contributed by atoms with Gasteiger partial charge in [-0.15, -0.1) is 0 Å². The molecule has 0 bridgehead atoms. The highest BCUT2D eigenvalue weighted by Crippen LogP contribution is 2.45. The second-order valence-corrected chi connectivity index (χ2v) is 8.58. The molecule has 1 aliphatic carbocycles. The third-order valence-electron chi connectivity index (χ3n) is 6.38. The zero-order valence-corrected chi connectivity index (χ0v) is 20.4. The Morgan fingerprint density at radius 1 is 0.824 bits per heavy atom. The van der Waals surface area contributed by atoms with Crippen LogP contribution >= 0.6 is 0 Å². The van der Waals surface area contributed by atoms with Crippen molar-refractivity contribution in [2.75, 3.05) is 19.8 Å². The summed E-state index contributed by atoms with van der Waals surface area (Å²) in [5.41, 5.74) is 8.69. The minimum atomic E-state index is -0.561. The van der Waals surface area contributed by atoms with Crippen molar-refractivity contribution in [3.63, 3.8) is 0 Å². The van der Waals surface area contributed by atoms with Gasteiger partial charge in [0.2, 0.25) is 0 Å². The van der Waals surface area contributed by atoms with Crippen LogP contribution in [0.15, 0.2) is 66.7 Å². The van der Waals surface area contributed by atoms with E-state index in [4.69, 9.17) is 14.2 Å². The molecule has 0 spiro atoms. The van der Waals surface area contributed by atoms with Crippen LogP contribution in [0.3, 0.4) is 0 Å². The van der Waals surface area contributed by atoms with Gasteiger partial charge in [0.1, 0.15) is 6.10 Å². The van der Waals surface area contributed by atoms with Crippen LogP contribution < -0.4 is 0 Å². The van der Waals surface area contributed by atoms with E-state index in [0.29, 0.717) is 26.2 Å². The molecule has 4 heteroatoms. The summed E-state index contributed by atoms with van der Waals surface area (Å²) in [5, 5.41) is 0. The van der Waals surface area contributed by atoms with Crippen LogP contribution in [-0.2, 0) is 38.3 Å². The van der Waals surface area contributed by atoms with Gasteiger partial charge in [-0.05, 0) is 65.6 Å². The van der Waals surface area contributed by atoms with Gasteiger partial charge in [-0.1, -0.05) is 73.7 Å². The van der Waals surface area contributed by atoms with Crippen molar-refractivity contribution in [1.29, 1.82) is 0 Å². The minimum Gasteiger partial charge on any atom is -0.464 e. The molecule has 3 aromatic rings. The minimum absolute atomic E-state index is 0.0199. The number of ether oxygens (including phenoxy) is 3. The molecule has 0 radical (unpaired) electrons. The summed E-state index contributed by atoms with van der Waals surface area (Å²) in [7, 11) is 0. The average molecular weight is 459 g/mol. The number of carbonyl (C=O) groups is 1.